The van der Waals surface area contributed by atoms with Crippen LogP contribution in [0.25, 0.3) is 16.1 Å². The fraction of sp³-hybridized carbons (Fsp3) is 0.227. The molecule has 1 aliphatic carbocycles. The van der Waals surface area contributed by atoms with Gasteiger partial charge in [-0.05, 0) is 53.8 Å². The third kappa shape index (κ3) is 3.35. The fourth-order valence-electron chi connectivity index (χ4n) is 3.65. The Labute approximate surface area is 161 Å². The zero-order valence-electron chi connectivity index (χ0n) is 15.8. The Morgan fingerprint density at radius 3 is 2.33 bits per heavy atom. The second kappa shape index (κ2) is 7.53. The maximum Gasteiger partial charge on any atom is 0.310 e. The Bertz CT molecular complexity index is 987. The lowest BCUT2D eigenvalue weighted by Crippen LogP contribution is -2.11. The molecule has 0 aromatic heterocycles. The van der Waals surface area contributed by atoms with Crippen molar-refractivity contribution in [2.24, 2.45) is 5.92 Å². The molecule has 0 heterocycles. The van der Waals surface area contributed by atoms with Crippen molar-refractivity contribution in [1.29, 1.82) is 0 Å². The lowest BCUT2D eigenvalue weighted by Gasteiger charge is -2.13. The minimum absolute atomic E-state index is 0.664. The number of ether oxygens (including phenoxy) is 1. The molecule has 0 amide bonds. The largest absolute Gasteiger partial charge is 0.497 e. The Morgan fingerprint density at radius 1 is 1.11 bits per heavy atom. The molecular weight excluding hydrogens is 360 g/mol. The molecule has 2 aromatic rings. The molecule has 0 fully saturated rings. The summed E-state index contributed by atoms with van der Waals surface area (Å²) in [7, 11) is 0.333. The number of benzene rings is 2. The number of rotatable bonds is 5. The summed E-state index contributed by atoms with van der Waals surface area (Å²) in [6.07, 6.45) is 1.66. The van der Waals surface area contributed by atoms with Crippen molar-refractivity contribution in [3.05, 3.63) is 70.8 Å². The number of carboxylic acids is 1. The van der Waals surface area contributed by atoms with Gasteiger partial charge in [-0.2, -0.15) is 0 Å². The van der Waals surface area contributed by atoms with E-state index in [1.54, 1.807) is 20.3 Å². The Balaban J connectivity index is 2.40. The van der Waals surface area contributed by atoms with Crippen LogP contribution in [-0.4, -0.2) is 28.7 Å². The van der Waals surface area contributed by atoms with Crippen LogP contribution in [0.5, 0.6) is 5.75 Å². The molecule has 0 bridgehead atoms. The summed E-state index contributed by atoms with van der Waals surface area (Å²) < 4.78 is 18.1. The van der Waals surface area contributed by atoms with Gasteiger partial charge in [-0.15, -0.1) is 0 Å². The van der Waals surface area contributed by atoms with Crippen molar-refractivity contribution < 1.29 is 18.8 Å². The van der Waals surface area contributed by atoms with Crippen molar-refractivity contribution in [2.45, 2.75) is 13.8 Å². The molecule has 2 unspecified atom stereocenters. The number of carboxylic acid groups (broad SMARTS) is 1. The quantitative estimate of drug-likeness (QED) is 0.830. The maximum atomic E-state index is 12.7. The molecule has 2 atom stereocenters. The molecule has 4 nitrogen and oxygen atoms in total. The standard InChI is InChI=1S/C22H22O4S/c1-13-19(14(2)22(23)24)18-12-16(26-3)10-11-17(18)20(13)21(27(4)25)15-8-6-5-7-9-15/h5-12,14H,1-4H3,(H,23,24). The number of methoxy groups -OCH3 is 1. The van der Waals surface area contributed by atoms with Crippen molar-refractivity contribution in [2.75, 3.05) is 13.4 Å². The molecule has 0 aliphatic heterocycles. The van der Waals surface area contributed by atoms with E-state index in [9.17, 15) is 14.1 Å². The smallest absolute Gasteiger partial charge is 0.310 e. The molecule has 5 heteroatoms. The van der Waals surface area contributed by atoms with Crippen LogP contribution in [0, 0.1) is 5.92 Å². The molecule has 1 aliphatic rings. The number of hydrogen-bond donors (Lipinski definition) is 1. The molecule has 1 N–H and O–H groups in total. The van der Waals surface area contributed by atoms with E-state index in [2.05, 4.69) is 0 Å². The second-order valence-corrected chi connectivity index (χ2v) is 7.85. The van der Waals surface area contributed by atoms with Gasteiger partial charge in [0.2, 0.25) is 0 Å². The highest BCUT2D eigenvalue weighted by Crippen LogP contribution is 2.49. The zero-order chi connectivity index (χ0) is 19.7. The summed E-state index contributed by atoms with van der Waals surface area (Å²) in [5.74, 6) is -0.911. The molecule has 3 rings (SSSR count). The highest BCUT2D eigenvalue weighted by Gasteiger charge is 2.33. The first kappa shape index (κ1) is 19.1. The summed E-state index contributed by atoms with van der Waals surface area (Å²) in [6, 6.07) is 15.2. The van der Waals surface area contributed by atoms with Gasteiger partial charge < -0.3 is 9.84 Å². The molecule has 0 radical (unpaired) electrons. The van der Waals surface area contributed by atoms with Crippen LogP contribution in [0.2, 0.25) is 0 Å². The minimum atomic E-state index is -1.25. The van der Waals surface area contributed by atoms with E-state index < -0.39 is 22.7 Å². The van der Waals surface area contributed by atoms with Gasteiger partial charge in [0, 0.05) is 11.8 Å². The van der Waals surface area contributed by atoms with Crippen LogP contribution >= 0.6 is 0 Å². The number of fused-ring (bicyclic) bond motifs is 1. The van der Waals surface area contributed by atoms with Crippen molar-refractivity contribution in [3.8, 4) is 5.75 Å². The Morgan fingerprint density at radius 2 is 1.78 bits per heavy atom. The number of allylic oxidation sites excluding steroid dienone is 2. The second-order valence-electron chi connectivity index (χ2n) is 6.53. The molecular formula is C22H22O4S. The van der Waals surface area contributed by atoms with E-state index in [0.717, 1.165) is 33.4 Å². The summed E-state index contributed by atoms with van der Waals surface area (Å²) in [4.78, 5) is 12.4. The Hall–Kier alpha value is -2.66. The van der Waals surface area contributed by atoms with Crippen molar-refractivity contribution in [3.63, 3.8) is 0 Å². The van der Waals surface area contributed by atoms with E-state index in [-0.39, 0.29) is 0 Å². The summed E-state index contributed by atoms with van der Waals surface area (Å²) in [5, 5.41) is 9.62. The molecule has 27 heavy (non-hydrogen) atoms. The topological polar surface area (TPSA) is 63.6 Å². The third-order valence-electron chi connectivity index (χ3n) is 4.92. The van der Waals surface area contributed by atoms with E-state index in [4.69, 9.17) is 4.74 Å². The predicted octanol–water partition coefficient (Wildman–Crippen LogP) is 4.45. The van der Waals surface area contributed by atoms with Gasteiger partial charge in [0.05, 0.1) is 28.7 Å². The fourth-order valence-corrected chi connectivity index (χ4v) is 4.67. The van der Waals surface area contributed by atoms with Gasteiger partial charge >= 0.3 is 5.97 Å². The lowest BCUT2D eigenvalue weighted by atomic mass is 9.93. The SMILES string of the molecule is COc1ccc2c(c1)C(C(C)C(=O)O)=C(C)C2=C(c1ccccc1)S(C)=O. The van der Waals surface area contributed by atoms with Crippen molar-refractivity contribution >= 4 is 32.8 Å². The first-order chi connectivity index (χ1) is 12.9. The highest BCUT2D eigenvalue weighted by atomic mass is 32.2. The van der Waals surface area contributed by atoms with Crippen LogP contribution in [0.15, 0.2) is 54.1 Å². The third-order valence-corrected chi connectivity index (χ3v) is 5.93. The molecule has 2 aromatic carbocycles. The van der Waals surface area contributed by atoms with Gasteiger partial charge in [0.1, 0.15) is 5.75 Å². The monoisotopic (exact) mass is 382 g/mol. The number of carbonyl (C=O) groups is 1. The zero-order valence-corrected chi connectivity index (χ0v) is 16.6. The first-order valence-corrected chi connectivity index (χ1v) is 10.2. The Kier molecular flexibility index (Phi) is 5.33. The van der Waals surface area contributed by atoms with Crippen LogP contribution in [-0.2, 0) is 15.6 Å². The van der Waals surface area contributed by atoms with Gasteiger partial charge in [-0.25, -0.2) is 0 Å². The molecule has 140 valence electrons. The lowest BCUT2D eigenvalue weighted by molar-refractivity contribution is -0.139. The van der Waals surface area contributed by atoms with Gasteiger partial charge in [0.15, 0.2) is 0 Å². The average molecular weight is 382 g/mol. The molecule has 0 saturated carbocycles. The average Bonchev–Trinajstić information content (AvgIpc) is 2.93. The van der Waals surface area contributed by atoms with Crippen LogP contribution in [0.1, 0.15) is 30.5 Å². The maximum absolute atomic E-state index is 12.7. The minimum Gasteiger partial charge on any atom is -0.497 e. The predicted molar refractivity (Wildman–Crippen MR) is 110 cm³/mol. The van der Waals surface area contributed by atoms with Crippen LogP contribution in [0.4, 0.5) is 0 Å². The number of aliphatic carboxylic acids is 1. The highest BCUT2D eigenvalue weighted by molar-refractivity contribution is 7.94. The molecule has 0 saturated heterocycles. The van der Waals surface area contributed by atoms with Gasteiger partial charge in [0.25, 0.3) is 0 Å². The summed E-state index contributed by atoms with van der Waals surface area (Å²) >= 11 is 0. The van der Waals surface area contributed by atoms with Crippen molar-refractivity contribution in [1.82, 2.24) is 0 Å². The van der Waals surface area contributed by atoms with Gasteiger partial charge in [-0.3, -0.25) is 9.00 Å². The normalized spacial score (nSPS) is 17.3. The van der Waals surface area contributed by atoms with Crippen LogP contribution in [0.3, 0.4) is 0 Å². The van der Waals surface area contributed by atoms with Crippen LogP contribution < -0.4 is 4.74 Å². The van der Waals surface area contributed by atoms with E-state index in [0.29, 0.717) is 10.7 Å². The summed E-state index contributed by atoms with van der Waals surface area (Å²) in [6.45, 7) is 3.59. The van der Waals surface area contributed by atoms with E-state index in [1.807, 2.05) is 55.5 Å². The molecule has 0 spiro atoms. The van der Waals surface area contributed by atoms with Gasteiger partial charge in [-0.1, -0.05) is 36.4 Å². The van der Waals surface area contributed by atoms with E-state index in [1.165, 1.54) is 0 Å². The first-order valence-electron chi connectivity index (χ1n) is 8.62. The number of hydrogen-bond acceptors (Lipinski definition) is 3. The van der Waals surface area contributed by atoms with E-state index >= 15 is 0 Å². The summed E-state index contributed by atoms with van der Waals surface area (Å²) in [5.41, 5.74) is 5.04.